The minimum absolute atomic E-state index is 0.00237. The van der Waals surface area contributed by atoms with Crippen LogP contribution < -0.4 is 10.1 Å². The molecule has 0 aliphatic heterocycles. The van der Waals surface area contributed by atoms with Gasteiger partial charge in [-0.05, 0) is 37.5 Å². The maximum atomic E-state index is 12.3. The number of anilines is 1. The molecule has 0 spiro atoms. The van der Waals surface area contributed by atoms with Crippen LogP contribution in [0.25, 0.3) is 0 Å². The summed E-state index contributed by atoms with van der Waals surface area (Å²) in [5, 5.41) is 3.23. The van der Waals surface area contributed by atoms with Crippen LogP contribution in [0.1, 0.15) is 19.3 Å². The second kappa shape index (κ2) is 8.02. The molecular weight excluding hydrogens is 316 g/mol. The van der Waals surface area contributed by atoms with Crippen LogP contribution in [0.3, 0.4) is 0 Å². The van der Waals surface area contributed by atoms with E-state index >= 15 is 0 Å². The third-order valence-electron chi connectivity index (χ3n) is 3.81. The van der Waals surface area contributed by atoms with Crippen LogP contribution in [0.2, 0.25) is 5.02 Å². The first-order valence-corrected chi connectivity index (χ1v) is 7.92. The summed E-state index contributed by atoms with van der Waals surface area (Å²) in [4.78, 5) is 26.0. The molecular formula is C17H21ClN2O3. The van der Waals surface area contributed by atoms with Gasteiger partial charge in [0.1, 0.15) is 5.75 Å². The number of benzene rings is 1. The number of nitrogens with one attached hydrogen (secondary N) is 1. The fraction of sp³-hybridized carbons (Fsp3) is 0.412. The summed E-state index contributed by atoms with van der Waals surface area (Å²) in [5.41, 5.74) is 0.492. The van der Waals surface area contributed by atoms with Crippen molar-refractivity contribution in [1.29, 1.82) is 0 Å². The number of hydrogen-bond donors (Lipinski definition) is 1. The van der Waals surface area contributed by atoms with Crippen LogP contribution in [0, 0.1) is 5.92 Å². The first kappa shape index (κ1) is 17.3. The maximum Gasteiger partial charge on any atom is 0.244 e. The Morgan fingerprint density at radius 2 is 2.17 bits per heavy atom. The second-order valence-electron chi connectivity index (χ2n) is 5.57. The Hall–Kier alpha value is -2.01. The third-order valence-corrected chi connectivity index (χ3v) is 4.05. The van der Waals surface area contributed by atoms with Crippen molar-refractivity contribution in [2.75, 3.05) is 26.0 Å². The summed E-state index contributed by atoms with van der Waals surface area (Å²) in [5.74, 6) is 0.211. The normalized spacial score (nSPS) is 16.7. The van der Waals surface area contributed by atoms with Gasteiger partial charge in [-0.2, -0.15) is 0 Å². The molecule has 1 aliphatic rings. The van der Waals surface area contributed by atoms with E-state index in [9.17, 15) is 9.59 Å². The molecule has 1 aromatic rings. The van der Waals surface area contributed by atoms with Gasteiger partial charge >= 0.3 is 0 Å². The van der Waals surface area contributed by atoms with E-state index in [0.29, 0.717) is 16.5 Å². The molecule has 0 fully saturated rings. The average molecular weight is 337 g/mol. The Labute approximate surface area is 141 Å². The van der Waals surface area contributed by atoms with Crippen LogP contribution in [-0.4, -0.2) is 37.4 Å². The number of methoxy groups -OCH3 is 1. The summed E-state index contributed by atoms with van der Waals surface area (Å²) in [6, 6.07) is 4.98. The van der Waals surface area contributed by atoms with Gasteiger partial charge in [0.15, 0.2) is 0 Å². The Morgan fingerprint density at radius 1 is 1.39 bits per heavy atom. The lowest BCUT2D eigenvalue weighted by Crippen LogP contribution is -2.38. The van der Waals surface area contributed by atoms with Gasteiger partial charge in [0.2, 0.25) is 11.8 Å². The zero-order chi connectivity index (χ0) is 16.8. The third kappa shape index (κ3) is 4.73. The Balaban J connectivity index is 1.95. The number of hydrogen-bond acceptors (Lipinski definition) is 3. The molecule has 5 nitrogen and oxygen atoms in total. The first-order chi connectivity index (χ1) is 11.0. The second-order valence-corrected chi connectivity index (χ2v) is 6.00. The number of rotatable bonds is 5. The topological polar surface area (TPSA) is 58.6 Å². The molecule has 2 rings (SSSR count). The summed E-state index contributed by atoms with van der Waals surface area (Å²) >= 11 is 5.94. The lowest BCUT2D eigenvalue weighted by Gasteiger charge is -2.24. The summed E-state index contributed by atoms with van der Waals surface area (Å²) in [6.45, 7) is -0.00524. The fourth-order valence-electron chi connectivity index (χ4n) is 2.59. The minimum atomic E-state index is -0.284. The molecule has 0 radical (unpaired) electrons. The number of amides is 2. The number of carbonyl (C=O) groups excluding carboxylic acids is 2. The quantitative estimate of drug-likeness (QED) is 0.840. The van der Waals surface area contributed by atoms with Crippen LogP contribution in [0.15, 0.2) is 30.4 Å². The highest BCUT2D eigenvalue weighted by Gasteiger charge is 2.23. The Morgan fingerprint density at radius 3 is 2.83 bits per heavy atom. The highest BCUT2D eigenvalue weighted by Crippen LogP contribution is 2.27. The largest absolute Gasteiger partial charge is 0.495 e. The van der Waals surface area contributed by atoms with E-state index in [0.717, 1.165) is 19.3 Å². The predicted octanol–water partition coefficient (Wildman–Crippen LogP) is 3.10. The summed E-state index contributed by atoms with van der Waals surface area (Å²) < 4.78 is 5.19. The molecule has 124 valence electrons. The van der Waals surface area contributed by atoms with Gasteiger partial charge in [-0.3, -0.25) is 9.59 Å². The van der Waals surface area contributed by atoms with Gasteiger partial charge in [-0.25, -0.2) is 0 Å². The Kier molecular flexibility index (Phi) is 6.04. The van der Waals surface area contributed by atoms with E-state index in [-0.39, 0.29) is 24.3 Å². The molecule has 23 heavy (non-hydrogen) atoms. The first-order valence-electron chi connectivity index (χ1n) is 7.54. The van der Waals surface area contributed by atoms with Crippen molar-refractivity contribution in [1.82, 2.24) is 4.90 Å². The smallest absolute Gasteiger partial charge is 0.244 e. The molecule has 0 saturated heterocycles. The van der Waals surface area contributed by atoms with Crippen molar-refractivity contribution in [3.05, 3.63) is 35.4 Å². The number of allylic oxidation sites excluding steroid dienone is 2. The lowest BCUT2D eigenvalue weighted by molar-refractivity contribution is -0.137. The van der Waals surface area contributed by atoms with Crippen molar-refractivity contribution in [2.45, 2.75) is 19.3 Å². The van der Waals surface area contributed by atoms with E-state index in [1.807, 2.05) is 6.08 Å². The van der Waals surface area contributed by atoms with Gasteiger partial charge in [-0.15, -0.1) is 0 Å². The van der Waals surface area contributed by atoms with E-state index in [1.54, 1.807) is 25.2 Å². The highest BCUT2D eigenvalue weighted by molar-refractivity contribution is 6.31. The standard InChI is InChI=1S/C17H21ClN2O3/c1-20(17(22)12-6-4-3-5-7-12)11-16(21)19-14-10-13(18)8-9-15(14)23-2/h3-4,8-10,12H,5-7,11H2,1-2H3,(H,19,21). The predicted molar refractivity (Wildman–Crippen MR) is 90.8 cm³/mol. The monoisotopic (exact) mass is 336 g/mol. The van der Waals surface area contributed by atoms with Gasteiger partial charge < -0.3 is 15.0 Å². The van der Waals surface area contributed by atoms with E-state index in [2.05, 4.69) is 11.4 Å². The molecule has 1 unspecified atom stereocenters. The van der Waals surface area contributed by atoms with Gasteiger partial charge in [-0.1, -0.05) is 23.8 Å². The highest BCUT2D eigenvalue weighted by atomic mass is 35.5. The van der Waals surface area contributed by atoms with Crippen LogP contribution in [0.4, 0.5) is 5.69 Å². The number of likely N-dealkylation sites (N-methyl/N-ethyl adjacent to an activating group) is 1. The fourth-order valence-corrected chi connectivity index (χ4v) is 2.76. The molecule has 0 aromatic heterocycles. The molecule has 1 aromatic carbocycles. The molecule has 1 atom stereocenters. The van der Waals surface area contributed by atoms with Gasteiger partial charge in [0.25, 0.3) is 0 Å². The molecule has 0 heterocycles. The molecule has 1 N–H and O–H groups in total. The molecule has 0 bridgehead atoms. The van der Waals surface area contributed by atoms with Gasteiger partial charge in [0, 0.05) is 18.0 Å². The number of halogens is 1. The van der Waals surface area contributed by atoms with Crippen molar-refractivity contribution in [3.8, 4) is 5.75 Å². The van der Waals surface area contributed by atoms with Crippen molar-refractivity contribution < 1.29 is 14.3 Å². The molecule has 6 heteroatoms. The van der Waals surface area contributed by atoms with Crippen molar-refractivity contribution >= 4 is 29.1 Å². The average Bonchev–Trinajstić information content (AvgIpc) is 2.55. The van der Waals surface area contributed by atoms with E-state index in [1.165, 1.54) is 12.0 Å². The zero-order valence-corrected chi connectivity index (χ0v) is 14.1. The summed E-state index contributed by atoms with van der Waals surface area (Å²) in [6.07, 6.45) is 6.60. The van der Waals surface area contributed by atoms with Crippen LogP contribution in [0.5, 0.6) is 5.75 Å². The zero-order valence-electron chi connectivity index (χ0n) is 13.3. The van der Waals surface area contributed by atoms with E-state index in [4.69, 9.17) is 16.3 Å². The molecule has 0 saturated carbocycles. The number of carbonyl (C=O) groups is 2. The number of nitrogens with zero attached hydrogens (tertiary/aromatic N) is 1. The SMILES string of the molecule is COc1ccc(Cl)cc1NC(=O)CN(C)C(=O)C1CC=CCC1. The van der Waals surface area contributed by atoms with Gasteiger partial charge in [0.05, 0.1) is 19.3 Å². The lowest BCUT2D eigenvalue weighted by atomic mass is 9.93. The van der Waals surface area contributed by atoms with Crippen LogP contribution in [-0.2, 0) is 9.59 Å². The molecule has 1 aliphatic carbocycles. The van der Waals surface area contributed by atoms with Crippen molar-refractivity contribution in [2.24, 2.45) is 5.92 Å². The number of ether oxygens (including phenoxy) is 1. The molecule has 2 amide bonds. The Bertz CT molecular complexity index is 616. The minimum Gasteiger partial charge on any atom is -0.495 e. The van der Waals surface area contributed by atoms with E-state index < -0.39 is 0 Å². The van der Waals surface area contributed by atoms with Crippen LogP contribution >= 0.6 is 11.6 Å². The van der Waals surface area contributed by atoms with Crippen molar-refractivity contribution in [3.63, 3.8) is 0 Å². The summed E-state index contributed by atoms with van der Waals surface area (Å²) in [7, 11) is 3.17. The maximum absolute atomic E-state index is 12.3.